The molecule has 1 N–H and O–H groups in total. The molecule has 0 heterocycles. The van der Waals surface area contributed by atoms with Gasteiger partial charge in [0.2, 0.25) is 0 Å². The molecular formula is C15H25BrN2. The zero-order valence-corrected chi connectivity index (χ0v) is 13.7. The third-order valence-corrected chi connectivity index (χ3v) is 4.06. The van der Waals surface area contributed by atoms with Crippen LogP contribution < -0.4 is 10.2 Å². The Morgan fingerprint density at radius 1 is 1.28 bits per heavy atom. The van der Waals surface area contributed by atoms with Gasteiger partial charge in [0, 0.05) is 29.8 Å². The zero-order chi connectivity index (χ0) is 13.7. The molecule has 102 valence electrons. The van der Waals surface area contributed by atoms with E-state index in [0.717, 1.165) is 17.6 Å². The van der Waals surface area contributed by atoms with E-state index in [0.29, 0.717) is 12.0 Å². The van der Waals surface area contributed by atoms with Crippen molar-refractivity contribution < 1.29 is 0 Å². The van der Waals surface area contributed by atoms with E-state index in [9.17, 15) is 0 Å². The average molecular weight is 313 g/mol. The number of halogens is 1. The van der Waals surface area contributed by atoms with Gasteiger partial charge in [-0.05, 0) is 43.1 Å². The van der Waals surface area contributed by atoms with Gasteiger partial charge in [-0.3, -0.25) is 0 Å². The van der Waals surface area contributed by atoms with Crippen LogP contribution in [0.3, 0.4) is 0 Å². The van der Waals surface area contributed by atoms with Crippen molar-refractivity contribution in [3.63, 3.8) is 0 Å². The second kappa shape index (κ2) is 7.15. The number of nitrogens with zero attached hydrogens (tertiary/aromatic N) is 1. The first-order chi connectivity index (χ1) is 8.47. The van der Waals surface area contributed by atoms with Crippen molar-refractivity contribution in [3.05, 3.63) is 28.2 Å². The van der Waals surface area contributed by atoms with E-state index in [-0.39, 0.29) is 0 Å². The van der Waals surface area contributed by atoms with Crippen LogP contribution in [0.4, 0.5) is 5.69 Å². The number of nitrogens with one attached hydrogen (secondary N) is 1. The Kier molecular flexibility index (Phi) is 6.16. The fourth-order valence-corrected chi connectivity index (χ4v) is 2.37. The first-order valence-corrected chi connectivity index (χ1v) is 7.48. The van der Waals surface area contributed by atoms with E-state index < -0.39 is 0 Å². The highest BCUT2D eigenvalue weighted by Gasteiger charge is 2.16. The fraction of sp³-hybridized carbons (Fsp3) is 0.600. The third-order valence-electron chi connectivity index (χ3n) is 3.56. The highest BCUT2D eigenvalue weighted by atomic mass is 79.9. The van der Waals surface area contributed by atoms with Crippen LogP contribution in [0.25, 0.3) is 0 Å². The summed E-state index contributed by atoms with van der Waals surface area (Å²) in [6.45, 7) is 10.9. The smallest absolute Gasteiger partial charge is 0.0412 e. The molecule has 0 aliphatic rings. The SMILES string of the molecule is CCNCc1cc(Br)ccc1N(C)C(C)C(C)C. The van der Waals surface area contributed by atoms with Gasteiger partial charge in [-0.2, -0.15) is 0 Å². The lowest BCUT2D eigenvalue weighted by Crippen LogP contribution is -2.34. The molecule has 0 spiro atoms. The van der Waals surface area contributed by atoms with Crippen LogP contribution in [0.5, 0.6) is 0 Å². The molecule has 1 aromatic carbocycles. The number of hydrogen-bond donors (Lipinski definition) is 1. The number of anilines is 1. The Balaban J connectivity index is 2.99. The molecule has 1 atom stereocenters. The normalized spacial score (nSPS) is 12.8. The fourth-order valence-electron chi connectivity index (χ4n) is 1.97. The maximum Gasteiger partial charge on any atom is 0.0412 e. The van der Waals surface area contributed by atoms with Gasteiger partial charge in [0.05, 0.1) is 0 Å². The van der Waals surface area contributed by atoms with Crippen LogP contribution in [-0.4, -0.2) is 19.6 Å². The van der Waals surface area contributed by atoms with E-state index in [1.165, 1.54) is 11.3 Å². The van der Waals surface area contributed by atoms with E-state index in [1.54, 1.807) is 0 Å². The van der Waals surface area contributed by atoms with Crippen LogP contribution in [-0.2, 0) is 6.54 Å². The van der Waals surface area contributed by atoms with Crippen molar-refractivity contribution in [2.24, 2.45) is 5.92 Å². The lowest BCUT2D eigenvalue weighted by atomic mass is 10.0. The largest absolute Gasteiger partial charge is 0.371 e. The summed E-state index contributed by atoms with van der Waals surface area (Å²) in [6, 6.07) is 7.07. The molecule has 1 rings (SSSR count). The van der Waals surface area contributed by atoms with Gasteiger partial charge in [0.15, 0.2) is 0 Å². The maximum atomic E-state index is 3.56. The first kappa shape index (κ1) is 15.5. The quantitative estimate of drug-likeness (QED) is 0.853. The molecule has 0 amide bonds. The lowest BCUT2D eigenvalue weighted by Gasteiger charge is -2.32. The summed E-state index contributed by atoms with van der Waals surface area (Å²) in [7, 11) is 2.18. The monoisotopic (exact) mass is 312 g/mol. The molecule has 3 heteroatoms. The van der Waals surface area contributed by atoms with Gasteiger partial charge in [0.25, 0.3) is 0 Å². The molecule has 1 unspecified atom stereocenters. The summed E-state index contributed by atoms with van der Waals surface area (Å²) in [6.07, 6.45) is 0. The Labute approximate surface area is 120 Å². The summed E-state index contributed by atoms with van der Waals surface area (Å²) in [4.78, 5) is 2.38. The Morgan fingerprint density at radius 2 is 1.94 bits per heavy atom. The number of rotatable bonds is 6. The van der Waals surface area contributed by atoms with Crippen molar-refractivity contribution in [3.8, 4) is 0 Å². The molecule has 0 bridgehead atoms. The third kappa shape index (κ3) is 3.99. The molecule has 0 aromatic heterocycles. The number of hydrogen-bond acceptors (Lipinski definition) is 2. The second-order valence-corrected chi connectivity index (χ2v) is 6.06. The van der Waals surface area contributed by atoms with E-state index in [4.69, 9.17) is 0 Å². The van der Waals surface area contributed by atoms with Crippen molar-refractivity contribution in [2.75, 3.05) is 18.5 Å². The Hall–Kier alpha value is -0.540. The molecule has 0 aliphatic heterocycles. The summed E-state index contributed by atoms with van der Waals surface area (Å²) >= 11 is 3.56. The van der Waals surface area contributed by atoms with Gasteiger partial charge in [0.1, 0.15) is 0 Å². The minimum Gasteiger partial charge on any atom is -0.371 e. The Bertz CT molecular complexity index is 377. The van der Waals surface area contributed by atoms with E-state index >= 15 is 0 Å². The average Bonchev–Trinajstić information content (AvgIpc) is 2.34. The molecule has 0 aliphatic carbocycles. The van der Waals surface area contributed by atoms with E-state index in [2.05, 4.69) is 79.1 Å². The van der Waals surface area contributed by atoms with Gasteiger partial charge >= 0.3 is 0 Å². The molecule has 0 radical (unpaired) electrons. The molecule has 2 nitrogen and oxygen atoms in total. The van der Waals surface area contributed by atoms with E-state index in [1.807, 2.05) is 0 Å². The summed E-state index contributed by atoms with van der Waals surface area (Å²) in [5.74, 6) is 0.644. The van der Waals surface area contributed by atoms with Gasteiger partial charge < -0.3 is 10.2 Å². The minimum atomic E-state index is 0.534. The topological polar surface area (TPSA) is 15.3 Å². The standard InChI is InChI=1S/C15H25BrN2/c1-6-17-10-13-9-14(16)7-8-15(13)18(5)12(4)11(2)3/h7-9,11-12,17H,6,10H2,1-5H3. The Morgan fingerprint density at radius 3 is 2.50 bits per heavy atom. The summed E-state index contributed by atoms with van der Waals surface area (Å²) in [5.41, 5.74) is 2.67. The van der Waals surface area contributed by atoms with Crippen molar-refractivity contribution in [1.82, 2.24) is 5.32 Å². The summed E-state index contributed by atoms with van der Waals surface area (Å²) in [5, 5.41) is 3.41. The zero-order valence-electron chi connectivity index (χ0n) is 12.1. The molecule has 1 aromatic rings. The second-order valence-electron chi connectivity index (χ2n) is 5.15. The van der Waals surface area contributed by atoms with Gasteiger partial charge in [-0.25, -0.2) is 0 Å². The minimum absolute atomic E-state index is 0.534. The predicted octanol–water partition coefficient (Wildman–Crippen LogP) is 4.04. The van der Waals surface area contributed by atoms with Gasteiger partial charge in [-0.1, -0.05) is 36.7 Å². The molecule has 0 saturated carbocycles. The first-order valence-electron chi connectivity index (χ1n) is 6.69. The maximum absolute atomic E-state index is 3.56. The summed E-state index contributed by atoms with van der Waals surface area (Å²) < 4.78 is 1.14. The predicted molar refractivity (Wildman–Crippen MR) is 84.2 cm³/mol. The van der Waals surface area contributed by atoms with Crippen LogP contribution in [0, 0.1) is 5.92 Å². The van der Waals surface area contributed by atoms with Crippen molar-refractivity contribution in [2.45, 2.75) is 40.3 Å². The molecule has 0 saturated heterocycles. The number of benzene rings is 1. The highest BCUT2D eigenvalue weighted by Crippen LogP contribution is 2.26. The van der Waals surface area contributed by atoms with Crippen LogP contribution in [0.2, 0.25) is 0 Å². The van der Waals surface area contributed by atoms with Crippen molar-refractivity contribution in [1.29, 1.82) is 0 Å². The molecule has 0 fully saturated rings. The van der Waals surface area contributed by atoms with Crippen LogP contribution >= 0.6 is 15.9 Å². The van der Waals surface area contributed by atoms with Crippen molar-refractivity contribution >= 4 is 21.6 Å². The molecular weight excluding hydrogens is 288 g/mol. The van der Waals surface area contributed by atoms with Crippen LogP contribution in [0.1, 0.15) is 33.3 Å². The lowest BCUT2D eigenvalue weighted by molar-refractivity contribution is 0.504. The van der Waals surface area contributed by atoms with Crippen LogP contribution in [0.15, 0.2) is 22.7 Å². The highest BCUT2D eigenvalue weighted by molar-refractivity contribution is 9.10. The molecule has 18 heavy (non-hydrogen) atoms. The van der Waals surface area contributed by atoms with Gasteiger partial charge in [-0.15, -0.1) is 0 Å².